The highest BCUT2D eigenvalue weighted by atomic mass is 32.1. The molecule has 0 fully saturated rings. The minimum atomic E-state index is 0.977. The van der Waals surface area contributed by atoms with Crippen molar-refractivity contribution in [3.63, 3.8) is 0 Å². The lowest BCUT2D eigenvalue weighted by atomic mass is 10.1. The Morgan fingerprint density at radius 1 is 1.42 bits per heavy atom. The third-order valence-electron chi connectivity index (χ3n) is 3.47. The number of anilines is 2. The predicted octanol–water partition coefficient (Wildman–Crippen LogP) is 3.53. The number of nitrogens with zero attached hydrogens (tertiary/aromatic N) is 2. The zero-order valence-electron chi connectivity index (χ0n) is 11.2. The van der Waals surface area contributed by atoms with Crippen LogP contribution in [0.5, 0.6) is 0 Å². The first-order chi connectivity index (χ1) is 9.36. The maximum absolute atomic E-state index is 4.37. The fraction of sp³-hybridized carbons (Fsp3) is 0.400. The highest BCUT2D eigenvalue weighted by Gasteiger charge is 2.17. The molecule has 0 aliphatic carbocycles. The lowest BCUT2D eigenvalue weighted by molar-refractivity contribution is 0.743. The van der Waals surface area contributed by atoms with E-state index >= 15 is 0 Å². The summed E-state index contributed by atoms with van der Waals surface area (Å²) < 4.78 is 0. The van der Waals surface area contributed by atoms with E-state index in [1.165, 1.54) is 11.3 Å². The molecule has 2 aromatic heterocycles. The van der Waals surface area contributed by atoms with Crippen molar-refractivity contribution < 1.29 is 0 Å². The first-order valence-electron chi connectivity index (χ1n) is 6.87. The molecule has 0 radical (unpaired) electrons. The number of fused-ring (bicyclic) bond motifs is 1. The highest BCUT2D eigenvalue weighted by Crippen LogP contribution is 2.28. The number of nitrogens with one attached hydrogen (secondary N) is 1. The van der Waals surface area contributed by atoms with E-state index in [4.69, 9.17) is 0 Å². The number of thiophene rings is 1. The van der Waals surface area contributed by atoms with E-state index in [2.05, 4.69) is 45.7 Å². The third kappa shape index (κ3) is 2.73. The molecule has 3 rings (SSSR count). The van der Waals surface area contributed by atoms with Gasteiger partial charge in [-0.2, -0.15) is 0 Å². The average Bonchev–Trinajstić information content (AvgIpc) is 2.92. The highest BCUT2D eigenvalue weighted by molar-refractivity contribution is 7.10. The predicted molar refractivity (Wildman–Crippen MR) is 82.1 cm³/mol. The van der Waals surface area contributed by atoms with E-state index in [-0.39, 0.29) is 0 Å². The molecule has 1 aliphatic heterocycles. The Labute approximate surface area is 118 Å². The molecule has 3 nitrogen and oxygen atoms in total. The lowest BCUT2D eigenvalue weighted by Gasteiger charge is -2.29. The van der Waals surface area contributed by atoms with Gasteiger partial charge in [-0.05, 0) is 35.9 Å². The second-order valence-electron chi connectivity index (χ2n) is 4.87. The van der Waals surface area contributed by atoms with Crippen LogP contribution >= 0.6 is 11.3 Å². The molecule has 3 heterocycles. The van der Waals surface area contributed by atoms with Crippen molar-refractivity contribution in [1.82, 2.24) is 4.98 Å². The van der Waals surface area contributed by atoms with Gasteiger partial charge in [0.15, 0.2) is 0 Å². The fourth-order valence-electron chi connectivity index (χ4n) is 2.43. The molecule has 1 N–H and O–H groups in total. The van der Waals surface area contributed by atoms with Gasteiger partial charge in [-0.3, -0.25) is 0 Å². The van der Waals surface area contributed by atoms with Gasteiger partial charge in [-0.15, -0.1) is 11.3 Å². The number of rotatable bonds is 4. The average molecular weight is 273 g/mol. The van der Waals surface area contributed by atoms with Crippen molar-refractivity contribution in [2.45, 2.75) is 26.3 Å². The van der Waals surface area contributed by atoms with Crippen molar-refractivity contribution in [2.24, 2.45) is 0 Å². The van der Waals surface area contributed by atoms with E-state index in [9.17, 15) is 0 Å². The molecule has 0 atom stereocenters. The van der Waals surface area contributed by atoms with Crippen LogP contribution < -0.4 is 10.2 Å². The summed E-state index contributed by atoms with van der Waals surface area (Å²) >= 11 is 1.89. The first-order valence-corrected chi connectivity index (χ1v) is 7.75. The fourth-order valence-corrected chi connectivity index (χ4v) is 3.32. The maximum Gasteiger partial charge on any atom is 0.127 e. The Morgan fingerprint density at radius 2 is 2.37 bits per heavy atom. The summed E-state index contributed by atoms with van der Waals surface area (Å²) in [7, 11) is 0. The lowest BCUT2D eigenvalue weighted by Crippen LogP contribution is -2.29. The standard InChI is InChI=1S/C15H19N3S/c1-2-6-16-15-10-13(3-7-17-15)18-8-4-14-12(11-18)5-9-19-14/h3,5,7,9-10H,2,4,6,8,11H2,1H3,(H,16,17). The molecule has 0 amide bonds. The van der Waals surface area contributed by atoms with Crippen LogP contribution in [-0.2, 0) is 13.0 Å². The SMILES string of the molecule is CCCNc1cc(N2CCc3sccc3C2)ccn1. The van der Waals surface area contributed by atoms with Crippen molar-refractivity contribution in [3.05, 3.63) is 40.2 Å². The van der Waals surface area contributed by atoms with Gasteiger partial charge in [0, 0.05) is 42.5 Å². The van der Waals surface area contributed by atoms with E-state index in [0.717, 1.165) is 38.3 Å². The van der Waals surface area contributed by atoms with Gasteiger partial charge in [-0.1, -0.05) is 6.92 Å². The van der Waals surface area contributed by atoms with Crippen LogP contribution in [0.3, 0.4) is 0 Å². The van der Waals surface area contributed by atoms with Crippen LogP contribution in [0, 0.1) is 0 Å². The molecule has 0 saturated carbocycles. The Hall–Kier alpha value is -1.55. The topological polar surface area (TPSA) is 28.2 Å². The van der Waals surface area contributed by atoms with Crippen molar-refractivity contribution in [2.75, 3.05) is 23.3 Å². The van der Waals surface area contributed by atoms with Crippen LogP contribution in [0.15, 0.2) is 29.8 Å². The zero-order chi connectivity index (χ0) is 13.1. The van der Waals surface area contributed by atoms with Gasteiger partial charge in [0.05, 0.1) is 0 Å². The molecule has 4 heteroatoms. The molecule has 0 unspecified atom stereocenters. The molecule has 1 aliphatic rings. The van der Waals surface area contributed by atoms with Gasteiger partial charge in [-0.25, -0.2) is 4.98 Å². The molecule has 100 valence electrons. The molecule has 0 saturated heterocycles. The largest absolute Gasteiger partial charge is 0.370 e. The van der Waals surface area contributed by atoms with Crippen LogP contribution in [0.2, 0.25) is 0 Å². The molecule has 0 aromatic carbocycles. The Kier molecular flexibility index (Phi) is 3.69. The second-order valence-corrected chi connectivity index (χ2v) is 5.87. The van der Waals surface area contributed by atoms with Crippen LogP contribution in [0.1, 0.15) is 23.8 Å². The van der Waals surface area contributed by atoms with Crippen molar-refractivity contribution >= 4 is 22.8 Å². The van der Waals surface area contributed by atoms with Gasteiger partial charge in [0.2, 0.25) is 0 Å². The zero-order valence-corrected chi connectivity index (χ0v) is 12.0. The van der Waals surface area contributed by atoms with Gasteiger partial charge in [0.25, 0.3) is 0 Å². The van der Waals surface area contributed by atoms with E-state index < -0.39 is 0 Å². The van der Waals surface area contributed by atoms with E-state index in [1.54, 1.807) is 4.88 Å². The van der Waals surface area contributed by atoms with E-state index in [1.807, 2.05) is 17.5 Å². The molecule has 2 aromatic rings. The smallest absolute Gasteiger partial charge is 0.127 e. The minimum Gasteiger partial charge on any atom is -0.370 e. The number of aromatic nitrogens is 1. The van der Waals surface area contributed by atoms with Gasteiger partial charge in [0.1, 0.15) is 5.82 Å². The summed E-state index contributed by atoms with van der Waals surface area (Å²) in [5.41, 5.74) is 2.75. The monoisotopic (exact) mass is 273 g/mol. The molecular weight excluding hydrogens is 254 g/mol. The molecular formula is C15H19N3S. The number of pyridine rings is 1. The molecule has 19 heavy (non-hydrogen) atoms. The Morgan fingerprint density at radius 3 is 3.26 bits per heavy atom. The van der Waals surface area contributed by atoms with Crippen LogP contribution in [-0.4, -0.2) is 18.1 Å². The second kappa shape index (κ2) is 5.61. The Bertz CT molecular complexity index is 550. The van der Waals surface area contributed by atoms with Crippen molar-refractivity contribution in [3.8, 4) is 0 Å². The summed E-state index contributed by atoms with van der Waals surface area (Å²) in [5.74, 6) is 0.982. The summed E-state index contributed by atoms with van der Waals surface area (Å²) in [4.78, 5) is 8.36. The quantitative estimate of drug-likeness (QED) is 0.923. The number of hydrogen-bond donors (Lipinski definition) is 1. The van der Waals surface area contributed by atoms with Crippen molar-refractivity contribution in [1.29, 1.82) is 0 Å². The van der Waals surface area contributed by atoms with Gasteiger partial charge >= 0.3 is 0 Å². The third-order valence-corrected chi connectivity index (χ3v) is 4.50. The van der Waals surface area contributed by atoms with Crippen LogP contribution in [0.25, 0.3) is 0 Å². The van der Waals surface area contributed by atoms with E-state index in [0.29, 0.717) is 0 Å². The molecule has 0 bridgehead atoms. The summed E-state index contributed by atoms with van der Waals surface area (Å²) in [6.07, 6.45) is 4.18. The summed E-state index contributed by atoms with van der Waals surface area (Å²) in [6.45, 7) is 5.27. The minimum absolute atomic E-state index is 0.977. The maximum atomic E-state index is 4.37. The van der Waals surface area contributed by atoms with Crippen LogP contribution in [0.4, 0.5) is 11.5 Å². The summed E-state index contributed by atoms with van der Waals surface area (Å²) in [6, 6.07) is 6.52. The Balaban J connectivity index is 1.76. The molecule has 0 spiro atoms. The normalized spacial score (nSPS) is 14.3. The van der Waals surface area contributed by atoms with Gasteiger partial charge < -0.3 is 10.2 Å². The summed E-state index contributed by atoms with van der Waals surface area (Å²) in [5, 5.41) is 5.56. The first kappa shape index (κ1) is 12.5. The number of hydrogen-bond acceptors (Lipinski definition) is 4.